The molecule has 1 atom stereocenters. The number of β-amino-alcohol motifs (C(OH)–C–C–N with tert-alkyl or cyclic N) is 1. The normalized spacial score (nSPS) is 28.6. The molecule has 0 saturated carbocycles. The molecule has 3 nitrogen and oxygen atoms in total. The van der Waals surface area contributed by atoms with E-state index in [2.05, 4.69) is 0 Å². The minimum Gasteiger partial charge on any atom is -0.391 e. The fourth-order valence-electron chi connectivity index (χ4n) is 0.732. The second kappa shape index (κ2) is 2.13. The van der Waals surface area contributed by atoms with E-state index in [-0.39, 0.29) is 0 Å². The van der Waals surface area contributed by atoms with Gasteiger partial charge in [-0.1, -0.05) is 0 Å². The first kappa shape index (κ1) is 5.56. The molecule has 1 fully saturated rings. The van der Waals surface area contributed by atoms with E-state index in [9.17, 15) is 4.79 Å². The summed E-state index contributed by atoms with van der Waals surface area (Å²) in [6, 6.07) is 0. The van der Waals surface area contributed by atoms with Crippen LogP contribution in [-0.4, -0.2) is 35.6 Å². The Labute approximate surface area is 47.9 Å². The molecular formula is C5H8NO2. The lowest BCUT2D eigenvalue weighted by Crippen LogP contribution is -2.19. The van der Waals surface area contributed by atoms with Gasteiger partial charge >= 0.3 is 0 Å². The van der Waals surface area contributed by atoms with E-state index < -0.39 is 6.10 Å². The van der Waals surface area contributed by atoms with Crippen LogP contribution in [0.1, 0.15) is 0 Å². The lowest BCUT2D eigenvalue weighted by Gasteiger charge is -2.04. The van der Waals surface area contributed by atoms with E-state index in [1.165, 1.54) is 4.90 Å². The largest absolute Gasteiger partial charge is 0.391 e. The maximum absolute atomic E-state index is 9.95. The summed E-state index contributed by atoms with van der Waals surface area (Å²) >= 11 is 0. The van der Waals surface area contributed by atoms with Crippen LogP contribution in [0.15, 0.2) is 0 Å². The number of carbonyl (C=O) groups is 1. The van der Waals surface area contributed by atoms with Gasteiger partial charge in [0.1, 0.15) is 0 Å². The molecule has 0 aliphatic carbocycles. The lowest BCUT2D eigenvalue weighted by atomic mass is 10.3. The maximum atomic E-state index is 9.95. The second-order valence-electron chi connectivity index (χ2n) is 1.86. The second-order valence-corrected chi connectivity index (χ2v) is 1.86. The molecule has 3 heteroatoms. The van der Waals surface area contributed by atoms with Crippen LogP contribution < -0.4 is 0 Å². The Balaban J connectivity index is 2.32. The van der Waals surface area contributed by atoms with Crippen molar-refractivity contribution in [2.45, 2.75) is 6.10 Å². The third kappa shape index (κ3) is 0.980. The molecule has 0 bridgehead atoms. The number of aliphatic hydroxyl groups excluding tert-OH is 1. The number of carbonyl (C=O) groups excluding carboxylic acids is 1. The molecule has 0 aromatic heterocycles. The summed E-state index contributed by atoms with van der Waals surface area (Å²) in [5.74, 6) is 0. The molecule has 0 aromatic rings. The summed E-state index contributed by atoms with van der Waals surface area (Å²) in [4.78, 5) is 11.5. The molecule has 8 heavy (non-hydrogen) atoms. The summed E-state index contributed by atoms with van der Waals surface area (Å²) < 4.78 is 0. The molecule has 1 saturated heterocycles. The van der Waals surface area contributed by atoms with Crippen LogP contribution in [-0.2, 0) is 4.79 Å². The highest BCUT2D eigenvalue weighted by atomic mass is 16.3. The monoisotopic (exact) mass is 114 g/mol. The summed E-state index contributed by atoms with van der Waals surface area (Å²) in [5, 5.41) is 8.77. The fourth-order valence-corrected chi connectivity index (χ4v) is 0.732. The van der Waals surface area contributed by atoms with E-state index in [0.29, 0.717) is 13.1 Å². The van der Waals surface area contributed by atoms with Crippen molar-refractivity contribution in [3.63, 3.8) is 0 Å². The molecule has 1 amide bonds. The Morgan fingerprint density at radius 1 is 1.88 bits per heavy atom. The number of amides is 1. The van der Waals surface area contributed by atoms with Crippen LogP contribution in [0.2, 0.25) is 0 Å². The number of rotatable bonds is 1. The van der Waals surface area contributed by atoms with Crippen molar-refractivity contribution in [2.75, 3.05) is 13.1 Å². The molecule has 1 rings (SSSR count). The van der Waals surface area contributed by atoms with Gasteiger partial charge in [-0.05, 0) is 0 Å². The van der Waals surface area contributed by atoms with Crippen molar-refractivity contribution in [3.8, 4) is 0 Å². The van der Waals surface area contributed by atoms with E-state index in [4.69, 9.17) is 5.11 Å². The Bertz CT molecular complexity index is 94.4. The molecule has 0 aromatic carbocycles. The van der Waals surface area contributed by atoms with Gasteiger partial charge in [0.25, 0.3) is 0 Å². The standard InChI is InChI=1S/C5H8NO2/c7-4-6-2-1-5(8)3-6/h1,4-5,8H,2-3H2. The predicted octanol–water partition coefficient (Wildman–Crippen LogP) is -0.976. The highest BCUT2D eigenvalue weighted by Crippen LogP contribution is 2.03. The van der Waals surface area contributed by atoms with Gasteiger partial charge in [-0.2, -0.15) is 0 Å². The van der Waals surface area contributed by atoms with E-state index in [1.807, 2.05) is 0 Å². The van der Waals surface area contributed by atoms with Crippen LogP contribution in [0.25, 0.3) is 0 Å². The molecule has 1 heterocycles. The van der Waals surface area contributed by atoms with Gasteiger partial charge in [-0.25, -0.2) is 0 Å². The molecule has 1 N–H and O–H groups in total. The first-order valence-corrected chi connectivity index (χ1v) is 2.53. The Kier molecular flexibility index (Phi) is 1.48. The number of hydrogen-bond donors (Lipinski definition) is 1. The Hall–Kier alpha value is -0.570. The van der Waals surface area contributed by atoms with Crippen molar-refractivity contribution in [3.05, 3.63) is 6.42 Å². The zero-order chi connectivity index (χ0) is 5.98. The van der Waals surface area contributed by atoms with Gasteiger partial charge in [0.05, 0.1) is 6.10 Å². The molecule has 1 unspecified atom stereocenters. The molecule has 1 aliphatic rings. The number of aliphatic hydroxyl groups is 1. The quantitative estimate of drug-likeness (QED) is 0.445. The molecule has 0 spiro atoms. The molecule has 1 radical (unpaired) electrons. The van der Waals surface area contributed by atoms with Crippen LogP contribution >= 0.6 is 0 Å². The minimum absolute atomic E-state index is 0.403. The average molecular weight is 114 g/mol. The van der Waals surface area contributed by atoms with Crippen molar-refractivity contribution in [2.24, 2.45) is 0 Å². The zero-order valence-corrected chi connectivity index (χ0v) is 4.45. The van der Waals surface area contributed by atoms with Crippen molar-refractivity contribution in [1.29, 1.82) is 0 Å². The first-order valence-electron chi connectivity index (χ1n) is 2.53. The first-order chi connectivity index (χ1) is 3.83. The van der Waals surface area contributed by atoms with Gasteiger partial charge < -0.3 is 10.0 Å². The van der Waals surface area contributed by atoms with Crippen molar-refractivity contribution in [1.82, 2.24) is 4.90 Å². The Morgan fingerprint density at radius 2 is 2.62 bits per heavy atom. The van der Waals surface area contributed by atoms with E-state index in [1.54, 1.807) is 6.42 Å². The van der Waals surface area contributed by atoms with Gasteiger partial charge in [-0.15, -0.1) is 0 Å². The van der Waals surface area contributed by atoms with Crippen LogP contribution in [0.3, 0.4) is 0 Å². The zero-order valence-electron chi connectivity index (χ0n) is 4.45. The van der Waals surface area contributed by atoms with Gasteiger partial charge in [0.2, 0.25) is 6.41 Å². The van der Waals surface area contributed by atoms with E-state index >= 15 is 0 Å². The highest BCUT2D eigenvalue weighted by molar-refractivity contribution is 5.48. The predicted molar refractivity (Wildman–Crippen MR) is 27.9 cm³/mol. The average Bonchev–Trinajstić information content (AvgIpc) is 2.14. The minimum atomic E-state index is -0.403. The van der Waals surface area contributed by atoms with Crippen LogP contribution in [0, 0.1) is 6.42 Å². The highest BCUT2D eigenvalue weighted by Gasteiger charge is 2.17. The smallest absolute Gasteiger partial charge is 0.209 e. The Morgan fingerprint density at radius 3 is 2.88 bits per heavy atom. The van der Waals surface area contributed by atoms with Crippen LogP contribution in [0.5, 0.6) is 0 Å². The molecule has 45 valence electrons. The van der Waals surface area contributed by atoms with Gasteiger partial charge in [-0.3, -0.25) is 4.79 Å². The lowest BCUT2D eigenvalue weighted by molar-refractivity contribution is -0.117. The topological polar surface area (TPSA) is 40.5 Å². The summed E-state index contributed by atoms with van der Waals surface area (Å²) in [6.45, 7) is 1.05. The van der Waals surface area contributed by atoms with E-state index in [0.717, 1.165) is 6.41 Å². The third-order valence-electron chi connectivity index (χ3n) is 1.18. The summed E-state index contributed by atoms with van der Waals surface area (Å²) in [7, 11) is 0. The summed E-state index contributed by atoms with van der Waals surface area (Å²) in [6.07, 6.45) is 2.04. The SMILES string of the molecule is O=CN1C[CH]C(O)C1. The van der Waals surface area contributed by atoms with Crippen molar-refractivity contribution >= 4 is 6.41 Å². The number of hydrogen-bond acceptors (Lipinski definition) is 2. The number of nitrogens with zero attached hydrogens (tertiary/aromatic N) is 1. The molecular weight excluding hydrogens is 106 g/mol. The number of likely N-dealkylation sites (tertiary alicyclic amines) is 1. The fraction of sp³-hybridized carbons (Fsp3) is 0.600. The van der Waals surface area contributed by atoms with Crippen molar-refractivity contribution < 1.29 is 9.90 Å². The van der Waals surface area contributed by atoms with Crippen LogP contribution in [0.4, 0.5) is 0 Å². The maximum Gasteiger partial charge on any atom is 0.209 e. The third-order valence-corrected chi connectivity index (χ3v) is 1.18. The van der Waals surface area contributed by atoms with Gasteiger partial charge in [0, 0.05) is 19.5 Å². The summed E-state index contributed by atoms with van der Waals surface area (Å²) in [5.41, 5.74) is 0. The molecule has 1 aliphatic heterocycles. The van der Waals surface area contributed by atoms with Gasteiger partial charge in [0.15, 0.2) is 0 Å².